The van der Waals surface area contributed by atoms with Gasteiger partial charge in [0.15, 0.2) is 0 Å². The lowest BCUT2D eigenvalue weighted by molar-refractivity contribution is 0.159. The highest BCUT2D eigenvalue weighted by Gasteiger charge is 2.40. The maximum absolute atomic E-state index is 6.14. The highest BCUT2D eigenvalue weighted by Crippen LogP contribution is 2.44. The average molecular weight is 384 g/mol. The molecular formula is C15H21IN4. The van der Waals surface area contributed by atoms with Crippen molar-refractivity contribution in [3.63, 3.8) is 0 Å². The molecule has 1 aromatic heterocycles. The van der Waals surface area contributed by atoms with Gasteiger partial charge in [0.25, 0.3) is 0 Å². The molecule has 2 bridgehead atoms. The van der Waals surface area contributed by atoms with Gasteiger partial charge in [0.2, 0.25) is 0 Å². The fourth-order valence-electron chi connectivity index (χ4n) is 3.93. The zero-order valence-corrected chi connectivity index (χ0v) is 14.0. The molecular weight excluding hydrogens is 363 g/mol. The van der Waals surface area contributed by atoms with Crippen LogP contribution >= 0.6 is 22.6 Å². The Kier molecular flexibility index (Phi) is 3.18. The SMILES string of the molecule is CN1C2CCC1CC(c1nc(N)c(I)c(C3CC3)n1)C2. The molecule has 1 aliphatic carbocycles. The minimum atomic E-state index is 0.514. The predicted molar refractivity (Wildman–Crippen MR) is 87.7 cm³/mol. The van der Waals surface area contributed by atoms with Crippen molar-refractivity contribution in [1.29, 1.82) is 0 Å². The molecule has 2 atom stereocenters. The fraction of sp³-hybridized carbons (Fsp3) is 0.733. The van der Waals surface area contributed by atoms with Gasteiger partial charge in [-0.2, -0.15) is 0 Å². The minimum Gasteiger partial charge on any atom is -0.383 e. The van der Waals surface area contributed by atoms with Crippen LogP contribution in [0.1, 0.15) is 61.9 Å². The van der Waals surface area contributed by atoms with Gasteiger partial charge in [-0.05, 0) is 68.2 Å². The van der Waals surface area contributed by atoms with Crippen LogP contribution in [-0.4, -0.2) is 34.0 Å². The third-order valence-electron chi connectivity index (χ3n) is 5.35. The molecule has 2 N–H and O–H groups in total. The molecule has 3 heterocycles. The van der Waals surface area contributed by atoms with E-state index in [1.165, 1.54) is 44.2 Å². The molecule has 3 fully saturated rings. The molecule has 4 rings (SSSR count). The van der Waals surface area contributed by atoms with Crippen molar-refractivity contribution in [3.05, 3.63) is 15.1 Å². The summed E-state index contributed by atoms with van der Waals surface area (Å²) in [5.74, 6) is 2.88. The molecule has 108 valence electrons. The number of nitrogens with zero attached hydrogens (tertiary/aromatic N) is 3. The molecule has 1 saturated carbocycles. The first kappa shape index (κ1) is 13.2. The van der Waals surface area contributed by atoms with Gasteiger partial charge >= 0.3 is 0 Å². The second kappa shape index (κ2) is 4.80. The molecule has 2 unspecified atom stereocenters. The maximum Gasteiger partial charge on any atom is 0.140 e. The number of piperidine rings is 1. The van der Waals surface area contributed by atoms with Crippen LogP contribution in [0.2, 0.25) is 0 Å². The molecule has 0 spiro atoms. The molecule has 4 nitrogen and oxygen atoms in total. The summed E-state index contributed by atoms with van der Waals surface area (Å²) in [5, 5.41) is 0. The Bertz CT molecular complexity index is 529. The van der Waals surface area contributed by atoms with Gasteiger partial charge in [0.05, 0.1) is 9.26 Å². The van der Waals surface area contributed by atoms with Crippen molar-refractivity contribution in [2.45, 2.75) is 62.4 Å². The fourth-order valence-corrected chi connectivity index (χ4v) is 4.61. The van der Waals surface area contributed by atoms with E-state index in [0.717, 1.165) is 21.5 Å². The maximum atomic E-state index is 6.14. The number of nitrogens with two attached hydrogens (primary N) is 1. The minimum absolute atomic E-state index is 0.514. The number of nitrogen functional groups attached to an aromatic ring is 1. The first-order chi connectivity index (χ1) is 9.63. The van der Waals surface area contributed by atoms with Crippen LogP contribution in [0, 0.1) is 3.57 Å². The van der Waals surface area contributed by atoms with Gasteiger partial charge in [-0.1, -0.05) is 0 Å². The molecule has 1 aromatic rings. The van der Waals surface area contributed by atoms with E-state index in [2.05, 4.69) is 39.5 Å². The quantitative estimate of drug-likeness (QED) is 0.797. The Labute approximate surface area is 133 Å². The monoisotopic (exact) mass is 384 g/mol. The smallest absolute Gasteiger partial charge is 0.140 e. The Balaban J connectivity index is 1.65. The molecule has 0 aromatic carbocycles. The van der Waals surface area contributed by atoms with E-state index < -0.39 is 0 Å². The number of rotatable bonds is 2. The second-order valence-electron chi connectivity index (χ2n) is 6.66. The number of anilines is 1. The van der Waals surface area contributed by atoms with Gasteiger partial charge in [0.1, 0.15) is 11.6 Å². The number of aromatic nitrogens is 2. The van der Waals surface area contributed by atoms with Gasteiger partial charge < -0.3 is 10.6 Å². The largest absolute Gasteiger partial charge is 0.383 e. The molecule has 0 amide bonds. The highest BCUT2D eigenvalue weighted by atomic mass is 127. The van der Waals surface area contributed by atoms with Gasteiger partial charge in [-0.3, -0.25) is 0 Å². The summed E-state index contributed by atoms with van der Waals surface area (Å²) < 4.78 is 1.09. The van der Waals surface area contributed by atoms with Crippen LogP contribution in [0.4, 0.5) is 5.82 Å². The Morgan fingerprint density at radius 3 is 2.30 bits per heavy atom. The Morgan fingerprint density at radius 1 is 1.05 bits per heavy atom. The van der Waals surface area contributed by atoms with Crippen LogP contribution in [-0.2, 0) is 0 Å². The van der Waals surface area contributed by atoms with E-state index in [9.17, 15) is 0 Å². The number of hydrogen-bond acceptors (Lipinski definition) is 4. The van der Waals surface area contributed by atoms with Gasteiger partial charge in [-0.25, -0.2) is 9.97 Å². The van der Waals surface area contributed by atoms with Crippen molar-refractivity contribution >= 4 is 28.4 Å². The summed E-state index contributed by atoms with van der Waals surface area (Å²) in [7, 11) is 2.28. The number of halogens is 1. The summed E-state index contributed by atoms with van der Waals surface area (Å²) in [6.07, 6.45) is 7.63. The van der Waals surface area contributed by atoms with Crippen molar-refractivity contribution in [3.8, 4) is 0 Å². The summed E-state index contributed by atoms with van der Waals surface area (Å²) in [4.78, 5) is 12.1. The third kappa shape index (κ3) is 2.13. The predicted octanol–water partition coefficient (Wildman–Crippen LogP) is 2.88. The summed E-state index contributed by atoms with van der Waals surface area (Å²) >= 11 is 2.31. The normalized spacial score (nSPS) is 33.6. The lowest BCUT2D eigenvalue weighted by Crippen LogP contribution is -2.39. The molecule has 2 aliphatic heterocycles. The molecule has 0 radical (unpaired) electrons. The van der Waals surface area contributed by atoms with E-state index in [0.29, 0.717) is 17.7 Å². The van der Waals surface area contributed by atoms with Crippen molar-refractivity contribution in [2.24, 2.45) is 0 Å². The van der Waals surface area contributed by atoms with Crippen LogP contribution in [0.5, 0.6) is 0 Å². The molecule has 5 heteroatoms. The zero-order chi connectivity index (χ0) is 13.9. The Hall–Kier alpha value is -0.430. The zero-order valence-electron chi connectivity index (χ0n) is 11.8. The lowest BCUT2D eigenvalue weighted by Gasteiger charge is -2.35. The Morgan fingerprint density at radius 2 is 1.70 bits per heavy atom. The summed E-state index contributed by atoms with van der Waals surface area (Å²) in [6.45, 7) is 0. The lowest BCUT2D eigenvalue weighted by atomic mass is 9.90. The molecule has 20 heavy (non-hydrogen) atoms. The van der Waals surface area contributed by atoms with Gasteiger partial charge in [0, 0.05) is 23.9 Å². The first-order valence-corrected chi connectivity index (χ1v) is 8.76. The van der Waals surface area contributed by atoms with Crippen LogP contribution in [0.3, 0.4) is 0 Å². The van der Waals surface area contributed by atoms with E-state index in [1.807, 2.05) is 0 Å². The van der Waals surface area contributed by atoms with E-state index >= 15 is 0 Å². The topological polar surface area (TPSA) is 55.0 Å². The summed E-state index contributed by atoms with van der Waals surface area (Å²) in [5.41, 5.74) is 7.36. The number of hydrogen-bond donors (Lipinski definition) is 1. The molecule has 3 aliphatic rings. The van der Waals surface area contributed by atoms with Crippen LogP contribution < -0.4 is 5.73 Å². The third-order valence-corrected chi connectivity index (χ3v) is 6.45. The number of fused-ring (bicyclic) bond motifs is 2. The van der Waals surface area contributed by atoms with E-state index in [-0.39, 0.29) is 0 Å². The van der Waals surface area contributed by atoms with Crippen molar-refractivity contribution in [2.75, 3.05) is 12.8 Å². The first-order valence-electron chi connectivity index (χ1n) is 7.68. The second-order valence-corrected chi connectivity index (χ2v) is 7.74. The van der Waals surface area contributed by atoms with Crippen molar-refractivity contribution < 1.29 is 0 Å². The highest BCUT2D eigenvalue weighted by molar-refractivity contribution is 14.1. The van der Waals surface area contributed by atoms with Gasteiger partial charge in [-0.15, -0.1) is 0 Å². The van der Waals surface area contributed by atoms with Crippen molar-refractivity contribution in [1.82, 2.24) is 14.9 Å². The van der Waals surface area contributed by atoms with E-state index in [4.69, 9.17) is 10.7 Å². The van der Waals surface area contributed by atoms with E-state index in [1.54, 1.807) is 0 Å². The average Bonchev–Trinajstić information content (AvgIpc) is 3.23. The van der Waals surface area contributed by atoms with Crippen LogP contribution in [0.25, 0.3) is 0 Å². The van der Waals surface area contributed by atoms with Crippen LogP contribution in [0.15, 0.2) is 0 Å². The molecule has 2 saturated heterocycles. The summed E-state index contributed by atoms with van der Waals surface area (Å²) in [6, 6.07) is 1.46. The standard InChI is InChI=1S/C15H21IN4/c1-20-10-4-5-11(20)7-9(6-10)15-18-13(8-2-3-8)12(16)14(17)19-15/h8-11H,2-7H2,1H3,(H2,17,18,19).